The van der Waals surface area contributed by atoms with E-state index in [4.69, 9.17) is 9.47 Å². The Bertz CT molecular complexity index is 1120. The Morgan fingerprint density at radius 2 is 0.952 bits per heavy atom. The summed E-state index contributed by atoms with van der Waals surface area (Å²) in [5.74, 6) is -0.715. The van der Waals surface area contributed by atoms with Gasteiger partial charge in [0.15, 0.2) is 6.29 Å². The molecule has 370 valence electrons. The number of carbonyl (C=O) groups excluding carboxylic acids is 1. The summed E-state index contributed by atoms with van der Waals surface area (Å²) < 4.78 is 11.1. The monoisotopic (exact) mass is 896 g/mol. The molecule has 0 aromatic rings. The molecule has 9 unspecified atom stereocenters. The second kappa shape index (κ2) is 41.7. The Hall–Kier alpha value is -1.67. The fraction of sp³-hybridized carbons (Fsp3) is 0.865. The van der Waals surface area contributed by atoms with Crippen molar-refractivity contribution in [1.29, 1.82) is 0 Å². The van der Waals surface area contributed by atoms with E-state index in [0.717, 1.165) is 57.8 Å². The molecule has 9 atom stereocenters. The Kier molecular flexibility index (Phi) is 39.3. The zero-order valence-electron chi connectivity index (χ0n) is 40.1. The van der Waals surface area contributed by atoms with E-state index < -0.39 is 74.2 Å². The van der Waals surface area contributed by atoms with E-state index in [-0.39, 0.29) is 12.8 Å². The molecule has 1 heterocycles. The minimum absolute atomic E-state index is 0.244. The van der Waals surface area contributed by atoms with Gasteiger partial charge in [0.1, 0.15) is 36.6 Å². The second-order valence-corrected chi connectivity index (χ2v) is 18.2. The summed E-state index contributed by atoms with van der Waals surface area (Å²) in [4.78, 5) is 13.1. The van der Waals surface area contributed by atoms with Crippen LogP contribution in [0.3, 0.4) is 0 Å². The van der Waals surface area contributed by atoms with Crippen LogP contribution in [-0.4, -0.2) is 110 Å². The third-order valence-electron chi connectivity index (χ3n) is 12.4. The molecule has 0 aromatic carbocycles. The van der Waals surface area contributed by atoms with Crippen LogP contribution in [0.2, 0.25) is 0 Å². The summed E-state index contributed by atoms with van der Waals surface area (Å²) in [6.07, 6.45) is 37.6. The Morgan fingerprint density at radius 3 is 1.41 bits per heavy atom. The maximum Gasteiger partial charge on any atom is 0.249 e. The number of rotatable bonds is 43. The molecule has 0 radical (unpaired) electrons. The van der Waals surface area contributed by atoms with Gasteiger partial charge < -0.3 is 50.5 Å². The van der Waals surface area contributed by atoms with Crippen LogP contribution in [0.25, 0.3) is 0 Å². The molecule has 1 saturated heterocycles. The lowest BCUT2D eigenvalue weighted by atomic mass is 9.98. The van der Waals surface area contributed by atoms with Crippen molar-refractivity contribution in [3.8, 4) is 0 Å². The van der Waals surface area contributed by atoms with Gasteiger partial charge in [0.05, 0.1) is 25.4 Å². The fourth-order valence-corrected chi connectivity index (χ4v) is 8.10. The molecule has 11 nitrogen and oxygen atoms in total. The van der Waals surface area contributed by atoms with Gasteiger partial charge in [0.2, 0.25) is 5.91 Å². The van der Waals surface area contributed by atoms with E-state index in [1.165, 1.54) is 116 Å². The first kappa shape index (κ1) is 59.3. The summed E-state index contributed by atoms with van der Waals surface area (Å²) in [6, 6.07) is -1.19. The SMILES string of the molecule is CCCCCCCCCC/C=C\CCCCCCCCC(O)C(=O)NC(COC1OC(CO)C(O)C(O)C1O)C(O)C(O)CCC/C=C/CC/C=C/CCCCCCCCCCC. The van der Waals surface area contributed by atoms with Crippen molar-refractivity contribution in [3.63, 3.8) is 0 Å². The highest BCUT2D eigenvalue weighted by Crippen LogP contribution is 2.23. The van der Waals surface area contributed by atoms with E-state index >= 15 is 0 Å². The number of aliphatic hydroxyl groups excluding tert-OH is 7. The number of hydrogen-bond donors (Lipinski definition) is 8. The molecule has 0 saturated carbocycles. The molecular formula is C52H97NO10. The molecule has 1 aliphatic heterocycles. The average Bonchev–Trinajstić information content (AvgIpc) is 3.28. The van der Waals surface area contributed by atoms with Gasteiger partial charge in [-0.1, -0.05) is 179 Å². The maximum atomic E-state index is 13.1. The van der Waals surface area contributed by atoms with E-state index in [9.17, 15) is 40.5 Å². The second-order valence-electron chi connectivity index (χ2n) is 18.2. The van der Waals surface area contributed by atoms with Crippen LogP contribution in [0.1, 0.15) is 219 Å². The molecule has 0 bridgehead atoms. The number of ether oxygens (including phenoxy) is 2. The van der Waals surface area contributed by atoms with Crippen LogP contribution in [0, 0.1) is 0 Å². The standard InChI is InChI=1S/C52H97NO10/c1-3-5-7-9-11-13-15-17-19-21-23-25-27-29-31-33-35-37-39-44(55)47(57)43(42-62-52-50(60)49(59)48(58)46(41-54)63-52)53-51(61)45(56)40-38-36-34-32-30-28-26-24-22-20-18-16-14-12-10-8-6-4-2/h22-25,31,33,43-50,52,54-60H,3-21,26-30,32,34-42H2,1-2H3,(H,53,61)/b24-22-,25-23+,33-31+. The van der Waals surface area contributed by atoms with E-state index in [0.29, 0.717) is 19.3 Å². The van der Waals surface area contributed by atoms with Crippen LogP contribution in [-0.2, 0) is 14.3 Å². The van der Waals surface area contributed by atoms with Gasteiger partial charge >= 0.3 is 0 Å². The minimum Gasteiger partial charge on any atom is -0.394 e. The van der Waals surface area contributed by atoms with Crippen molar-refractivity contribution in [2.45, 2.75) is 274 Å². The van der Waals surface area contributed by atoms with Gasteiger partial charge in [-0.2, -0.15) is 0 Å². The topological polar surface area (TPSA) is 189 Å². The smallest absolute Gasteiger partial charge is 0.249 e. The summed E-state index contributed by atoms with van der Waals surface area (Å²) in [7, 11) is 0. The van der Waals surface area contributed by atoms with Crippen molar-refractivity contribution in [3.05, 3.63) is 36.5 Å². The zero-order valence-corrected chi connectivity index (χ0v) is 40.1. The highest BCUT2D eigenvalue weighted by molar-refractivity contribution is 5.80. The highest BCUT2D eigenvalue weighted by Gasteiger charge is 2.44. The van der Waals surface area contributed by atoms with Crippen LogP contribution < -0.4 is 5.32 Å². The lowest BCUT2D eigenvalue weighted by Crippen LogP contribution is -2.60. The fourth-order valence-electron chi connectivity index (χ4n) is 8.10. The average molecular weight is 896 g/mol. The normalized spacial score (nSPS) is 21.4. The highest BCUT2D eigenvalue weighted by atomic mass is 16.7. The lowest BCUT2D eigenvalue weighted by molar-refractivity contribution is -0.303. The summed E-state index contributed by atoms with van der Waals surface area (Å²) in [6.45, 7) is 3.43. The van der Waals surface area contributed by atoms with E-state index in [1.807, 2.05) is 0 Å². The Balaban J connectivity index is 2.43. The molecule has 1 aliphatic rings. The summed E-state index contributed by atoms with van der Waals surface area (Å²) >= 11 is 0. The summed E-state index contributed by atoms with van der Waals surface area (Å²) in [5.41, 5.74) is 0. The van der Waals surface area contributed by atoms with Crippen LogP contribution in [0.5, 0.6) is 0 Å². The molecule has 1 fully saturated rings. The molecule has 8 N–H and O–H groups in total. The molecular weight excluding hydrogens is 799 g/mol. The zero-order chi connectivity index (χ0) is 46.2. The van der Waals surface area contributed by atoms with Crippen molar-refractivity contribution in [1.82, 2.24) is 5.32 Å². The predicted molar refractivity (Wildman–Crippen MR) is 256 cm³/mol. The number of nitrogens with one attached hydrogen (secondary N) is 1. The van der Waals surface area contributed by atoms with Gasteiger partial charge in [0.25, 0.3) is 0 Å². The van der Waals surface area contributed by atoms with Crippen LogP contribution in [0.15, 0.2) is 36.5 Å². The number of hydrogen-bond acceptors (Lipinski definition) is 10. The van der Waals surface area contributed by atoms with E-state index in [2.05, 4.69) is 55.6 Å². The van der Waals surface area contributed by atoms with Crippen LogP contribution in [0.4, 0.5) is 0 Å². The molecule has 0 spiro atoms. The van der Waals surface area contributed by atoms with Gasteiger partial charge in [-0.3, -0.25) is 4.79 Å². The van der Waals surface area contributed by atoms with Gasteiger partial charge in [-0.25, -0.2) is 0 Å². The van der Waals surface area contributed by atoms with Crippen molar-refractivity contribution >= 4 is 5.91 Å². The first-order chi connectivity index (χ1) is 30.7. The quantitative estimate of drug-likeness (QED) is 0.0216. The van der Waals surface area contributed by atoms with Crippen molar-refractivity contribution in [2.75, 3.05) is 13.2 Å². The number of unbranched alkanes of at least 4 members (excludes halogenated alkanes) is 25. The third-order valence-corrected chi connectivity index (χ3v) is 12.4. The first-order valence-electron chi connectivity index (χ1n) is 25.9. The Morgan fingerprint density at radius 1 is 0.540 bits per heavy atom. The minimum atomic E-state index is -1.67. The number of amides is 1. The van der Waals surface area contributed by atoms with Crippen molar-refractivity contribution in [2.24, 2.45) is 0 Å². The lowest BCUT2D eigenvalue weighted by Gasteiger charge is -2.40. The molecule has 63 heavy (non-hydrogen) atoms. The number of allylic oxidation sites excluding steroid dienone is 6. The summed E-state index contributed by atoms with van der Waals surface area (Å²) in [5, 5.41) is 75.8. The maximum absolute atomic E-state index is 13.1. The van der Waals surface area contributed by atoms with Crippen LogP contribution >= 0.6 is 0 Å². The molecule has 1 amide bonds. The van der Waals surface area contributed by atoms with E-state index in [1.54, 1.807) is 0 Å². The number of aliphatic hydroxyl groups is 7. The molecule has 11 heteroatoms. The predicted octanol–water partition coefficient (Wildman–Crippen LogP) is 9.56. The molecule has 1 rings (SSSR count). The van der Waals surface area contributed by atoms with Gasteiger partial charge in [-0.15, -0.1) is 0 Å². The van der Waals surface area contributed by atoms with Crippen molar-refractivity contribution < 1.29 is 50.0 Å². The van der Waals surface area contributed by atoms with Gasteiger partial charge in [-0.05, 0) is 77.0 Å². The van der Waals surface area contributed by atoms with Gasteiger partial charge in [0, 0.05) is 0 Å². The third kappa shape index (κ3) is 31.0. The molecule has 0 aromatic heterocycles. The first-order valence-corrected chi connectivity index (χ1v) is 25.9. The molecule has 0 aliphatic carbocycles. The number of carbonyl (C=O) groups is 1. The Labute approximate surface area is 384 Å². The largest absolute Gasteiger partial charge is 0.394 e.